The molecule has 1 N–H and O–H groups in total. The van der Waals surface area contributed by atoms with Crippen LogP contribution in [0.3, 0.4) is 0 Å². The highest BCUT2D eigenvalue weighted by Gasteiger charge is 2.33. The molecule has 2 aromatic rings. The average Bonchev–Trinajstić information content (AvgIpc) is 2.83. The normalized spacial score (nSPS) is 19.4. The minimum atomic E-state index is -0.612. The van der Waals surface area contributed by atoms with Gasteiger partial charge in [0.25, 0.3) is 0 Å². The van der Waals surface area contributed by atoms with Crippen molar-refractivity contribution < 1.29 is 14.3 Å². The summed E-state index contributed by atoms with van der Waals surface area (Å²) >= 11 is 6.10. The Labute approximate surface area is 194 Å². The van der Waals surface area contributed by atoms with Crippen molar-refractivity contribution in [1.82, 2.24) is 15.1 Å². The molecule has 0 bridgehead atoms. The Morgan fingerprint density at radius 1 is 0.969 bits per heavy atom. The van der Waals surface area contributed by atoms with E-state index in [1.54, 1.807) is 4.90 Å². The minimum Gasteiger partial charge on any atom is -0.379 e. The largest absolute Gasteiger partial charge is 0.379 e. The van der Waals surface area contributed by atoms with Gasteiger partial charge in [0, 0.05) is 37.6 Å². The molecule has 7 heteroatoms. The van der Waals surface area contributed by atoms with Gasteiger partial charge in [0.1, 0.15) is 6.04 Å². The number of amides is 2. The summed E-state index contributed by atoms with van der Waals surface area (Å²) in [6.07, 6.45) is 2.30. The van der Waals surface area contributed by atoms with E-state index in [2.05, 4.69) is 10.2 Å². The van der Waals surface area contributed by atoms with Crippen LogP contribution in [-0.2, 0) is 14.3 Å². The van der Waals surface area contributed by atoms with Gasteiger partial charge < -0.3 is 15.0 Å². The number of nitrogens with one attached hydrogen (secondary N) is 1. The summed E-state index contributed by atoms with van der Waals surface area (Å²) in [5, 5.41) is 3.85. The monoisotopic (exact) mass is 455 g/mol. The zero-order valence-corrected chi connectivity index (χ0v) is 19.0. The molecule has 170 valence electrons. The van der Waals surface area contributed by atoms with Gasteiger partial charge >= 0.3 is 0 Å². The quantitative estimate of drug-likeness (QED) is 0.693. The molecule has 2 heterocycles. The Morgan fingerprint density at radius 2 is 1.69 bits per heavy atom. The molecule has 2 aromatic carbocycles. The molecule has 2 aliphatic rings. The van der Waals surface area contributed by atoms with E-state index in [-0.39, 0.29) is 17.9 Å². The molecule has 2 atom stereocenters. The second kappa shape index (κ2) is 10.9. The number of halogens is 1. The standard InChI is InChI=1S/C25H30ClN3O3/c26-21-11-9-19(10-12-21)22(28-14-16-32-17-15-28)18-27-25(31)24(20-6-2-1-3-7-20)29-13-5-4-8-23(29)30/h1-3,6-7,9-12,22,24H,4-5,8,13-18H2,(H,27,31). The molecule has 0 radical (unpaired) electrons. The van der Waals surface area contributed by atoms with E-state index < -0.39 is 6.04 Å². The van der Waals surface area contributed by atoms with Gasteiger partial charge in [-0.1, -0.05) is 54.1 Å². The maximum Gasteiger partial charge on any atom is 0.247 e. The molecule has 0 aliphatic carbocycles. The van der Waals surface area contributed by atoms with Crippen LogP contribution in [-0.4, -0.2) is 61.0 Å². The molecular formula is C25H30ClN3O3. The molecule has 2 aliphatic heterocycles. The first-order valence-corrected chi connectivity index (χ1v) is 11.7. The van der Waals surface area contributed by atoms with Crippen molar-refractivity contribution >= 4 is 23.4 Å². The van der Waals surface area contributed by atoms with Crippen LogP contribution in [0, 0.1) is 0 Å². The lowest BCUT2D eigenvalue weighted by Crippen LogP contribution is -2.48. The van der Waals surface area contributed by atoms with Gasteiger partial charge in [-0.3, -0.25) is 14.5 Å². The second-order valence-corrected chi connectivity index (χ2v) is 8.75. The topological polar surface area (TPSA) is 61.9 Å². The molecule has 0 saturated carbocycles. The first-order chi connectivity index (χ1) is 15.6. The summed E-state index contributed by atoms with van der Waals surface area (Å²) in [7, 11) is 0. The van der Waals surface area contributed by atoms with Crippen molar-refractivity contribution in [3.63, 3.8) is 0 Å². The van der Waals surface area contributed by atoms with Crippen LogP contribution in [0.15, 0.2) is 54.6 Å². The van der Waals surface area contributed by atoms with Crippen molar-refractivity contribution in [3.8, 4) is 0 Å². The molecule has 0 spiro atoms. The van der Waals surface area contributed by atoms with Gasteiger partial charge in [0.15, 0.2) is 0 Å². The number of rotatable bonds is 7. The first kappa shape index (κ1) is 22.8. The summed E-state index contributed by atoms with van der Waals surface area (Å²) in [4.78, 5) is 30.2. The Balaban J connectivity index is 1.54. The SMILES string of the molecule is O=C(NCC(c1ccc(Cl)cc1)N1CCOCC1)C(c1ccccc1)N1CCCCC1=O. The third-order valence-corrected chi connectivity index (χ3v) is 6.50. The van der Waals surface area contributed by atoms with Crippen LogP contribution in [0.25, 0.3) is 0 Å². The molecular weight excluding hydrogens is 426 g/mol. The lowest BCUT2D eigenvalue weighted by Gasteiger charge is -2.37. The smallest absolute Gasteiger partial charge is 0.247 e. The highest BCUT2D eigenvalue weighted by molar-refractivity contribution is 6.30. The van der Waals surface area contributed by atoms with Crippen molar-refractivity contribution in [2.45, 2.75) is 31.3 Å². The van der Waals surface area contributed by atoms with E-state index >= 15 is 0 Å². The Hall–Kier alpha value is -2.41. The third-order valence-electron chi connectivity index (χ3n) is 6.25. The maximum absolute atomic E-state index is 13.5. The summed E-state index contributed by atoms with van der Waals surface area (Å²) in [5.41, 5.74) is 1.94. The Kier molecular flexibility index (Phi) is 7.79. The van der Waals surface area contributed by atoms with E-state index in [4.69, 9.17) is 16.3 Å². The molecule has 0 aromatic heterocycles. The fraction of sp³-hybridized carbons (Fsp3) is 0.440. The fourth-order valence-electron chi connectivity index (χ4n) is 4.53. The fourth-order valence-corrected chi connectivity index (χ4v) is 4.66. The second-order valence-electron chi connectivity index (χ2n) is 8.32. The van der Waals surface area contributed by atoms with Crippen molar-refractivity contribution in [1.29, 1.82) is 0 Å². The molecule has 2 saturated heterocycles. The van der Waals surface area contributed by atoms with Crippen LogP contribution in [0.1, 0.15) is 42.5 Å². The van der Waals surface area contributed by atoms with Crippen molar-refractivity contribution in [3.05, 3.63) is 70.7 Å². The summed E-state index contributed by atoms with van der Waals surface area (Å²) < 4.78 is 5.52. The van der Waals surface area contributed by atoms with Crippen LogP contribution >= 0.6 is 11.6 Å². The van der Waals surface area contributed by atoms with E-state index in [1.165, 1.54) is 0 Å². The van der Waals surface area contributed by atoms with Crippen LogP contribution in [0.5, 0.6) is 0 Å². The highest BCUT2D eigenvalue weighted by atomic mass is 35.5. The van der Waals surface area contributed by atoms with Gasteiger partial charge in [-0.15, -0.1) is 0 Å². The Bertz CT molecular complexity index is 900. The van der Waals surface area contributed by atoms with Crippen molar-refractivity contribution in [2.75, 3.05) is 39.4 Å². The number of hydrogen-bond donors (Lipinski definition) is 1. The predicted octanol–water partition coefficient (Wildman–Crippen LogP) is 3.58. The number of nitrogens with zero attached hydrogens (tertiary/aromatic N) is 2. The summed E-state index contributed by atoms with van der Waals surface area (Å²) in [6.45, 7) is 4.01. The number of benzene rings is 2. The number of carbonyl (C=O) groups excluding carboxylic acids is 2. The van der Waals surface area contributed by atoms with Crippen LogP contribution in [0.2, 0.25) is 5.02 Å². The maximum atomic E-state index is 13.5. The van der Waals surface area contributed by atoms with Crippen LogP contribution in [0.4, 0.5) is 0 Å². The van der Waals surface area contributed by atoms with E-state index in [1.807, 2.05) is 54.6 Å². The predicted molar refractivity (Wildman–Crippen MR) is 124 cm³/mol. The van der Waals surface area contributed by atoms with Gasteiger partial charge in [-0.05, 0) is 36.1 Å². The zero-order chi connectivity index (χ0) is 22.3. The number of morpholine rings is 1. The lowest BCUT2D eigenvalue weighted by molar-refractivity contribution is -0.142. The number of hydrogen-bond acceptors (Lipinski definition) is 4. The average molecular weight is 456 g/mol. The minimum absolute atomic E-state index is 0.00796. The molecule has 6 nitrogen and oxygen atoms in total. The lowest BCUT2D eigenvalue weighted by atomic mass is 9.99. The molecule has 2 amide bonds. The summed E-state index contributed by atoms with van der Waals surface area (Å²) in [6, 6.07) is 16.8. The van der Waals surface area contributed by atoms with E-state index in [0.717, 1.165) is 37.1 Å². The van der Waals surface area contributed by atoms with E-state index in [9.17, 15) is 9.59 Å². The Morgan fingerprint density at radius 3 is 2.38 bits per heavy atom. The number of likely N-dealkylation sites (tertiary alicyclic amines) is 1. The zero-order valence-electron chi connectivity index (χ0n) is 18.2. The van der Waals surface area contributed by atoms with Gasteiger partial charge in [0.2, 0.25) is 11.8 Å². The number of piperidine rings is 1. The third kappa shape index (κ3) is 5.49. The highest BCUT2D eigenvalue weighted by Crippen LogP contribution is 2.27. The number of ether oxygens (including phenoxy) is 1. The summed E-state index contributed by atoms with van der Waals surface area (Å²) in [5.74, 6) is -0.0960. The number of carbonyl (C=O) groups is 2. The van der Waals surface area contributed by atoms with Crippen molar-refractivity contribution in [2.24, 2.45) is 0 Å². The van der Waals surface area contributed by atoms with Gasteiger partial charge in [0.05, 0.1) is 19.3 Å². The molecule has 32 heavy (non-hydrogen) atoms. The molecule has 2 unspecified atom stereocenters. The van der Waals surface area contributed by atoms with Gasteiger partial charge in [-0.25, -0.2) is 0 Å². The molecule has 4 rings (SSSR count). The van der Waals surface area contributed by atoms with E-state index in [0.29, 0.717) is 37.7 Å². The van der Waals surface area contributed by atoms with Crippen LogP contribution < -0.4 is 5.32 Å². The molecule has 2 fully saturated rings. The van der Waals surface area contributed by atoms with Gasteiger partial charge in [-0.2, -0.15) is 0 Å². The first-order valence-electron chi connectivity index (χ1n) is 11.3.